The summed E-state index contributed by atoms with van der Waals surface area (Å²) in [5.74, 6) is -1.57. The third-order valence-electron chi connectivity index (χ3n) is 7.27. The van der Waals surface area contributed by atoms with Gasteiger partial charge in [0.25, 0.3) is 0 Å². The number of aliphatic carboxylic acids is 1. The van der Waals surface area contributed by atoms with E-state index in [0.717, 1.165) is 23.1 Å². The van der Waals surface area contributed by atoms with Crippen molar-refractivity contribution in [2.24, 2.45) is 0 Å². The predicted molar refractivity (Wildman–Crippen MR) is 144 cm³/mol. The molecule has 6 rings (SSSR count). The molecule has 196 valence electrons. The molecule has 1 N–H and O–H groups in total. The second-order valence-corrected chi connectivity index (χ2v) is 9.75. The molecule has 0 fully saturated rings. The van der Waals surface area contributed by atoms with Crippen LogP contribution in [-0.2, 0) is 17.6 Å². The van der Waals surface area contributed by atoms with E-state index in [0.29, 0.717) is 58.0 Å². The number of benzene rings is 3. The monoisotopic (exact) mass is 525 g/mol. The van der Waals surface area contributed by atoms with E-state index in [-0.39, 0.29) is 18.0 Å². The SMILES string of the molecule is Cc1nc2cc(-c3cccc(-c4ccccc4F)c3)nn2c(-c2cc(F)c3c(c2C)CCCO3)c1CC(=O)O. The molecule has 0 amide bonds. The molecule has 5 aromatic rings. The molecule has 0 aliphatic carbocycles. The summed E-state index contributed by atoms with van der Waals surface area (Å²) in [6.45, 7) is 4.11. The van der Waals surface area contributed by atoms with Crippen LogP contribution in [0.5, 0.6) is 5.75 Å². The van der Waals surface area contributed by atoms with Gasteiger partial charge in [-0.05, 0) is 56.0 Å². The van der Waals surface area contributed by atoms with Crippen LogP contribution < -0.4 is 4.74 Å². The lowest BCUT2D eigenvalue weighted by atomic mass is 9.91. The molecule has 0 spiro atoms. The summed E-state index contributed by atoms with van der Waals surface area (Å²) in [4.78, 5) is 16.5. The van der Waals surface area contributed by atoms with E-state index >= 15 is 4.39 Å². The maximum absolute atomic E-state index is 15.3. The molecule has 0 atom stereocenters. The number of aryl methyl sites for hydroxylation is 1. The van der Waals surface area contributed by atoms with Crippen LogP contribution in [0.2, 0.25) is 0 Å². The first-order valence-corrected chi connectivity index (χ1v) is 12.7. The number of hydrogen-bond donors (Lipinski definition) is 1. The van der Waals surface area contributed by atoms with Crippen molar-refractivity contribution in [3.63, 3.8) is 0 Å². The average molecular weight is 526 g/mol. The number of rotatable bonds is 5. The number of carboxylic acid groups (broad SMARTS) is 1. The largest absolute Gasteiger partial charge is 0.490 e. The summed E-state index contributed by atoms with van der Waals surface area (Å²) < 4.78 is 37.0. The van der Waals surface area contributed by atoms with Crippen molar-refractivity contribution in [1.29, 1.82) is 0 Å². The Morgan fingerprint density at radius 1 is 1.00 bits per heavy atom. The molecule has 3 aromatic carbocycles. The van der Waals surface area contributed by atoms with Crippen molar-refractivity contribution in [3.8, 4) is 39.4 Å². The lowest BCUT2D eigenvalue weighted by molar-refractivity contribution is -0.136. The summed E-state index contributed by atoms with van der Waals surface area (Å²) in [7, 11) is 0. The Morgan fingerprint density at radius 3 is 2.59 bits per heavy atom. The molecule has 6 nitrogen and oxygen atoms in total. The molecule has 0 saturated carbocycles. The summed E-state index contributed by atoms with van der Waals surface area (Å²) in [5, 5.41) is 14.5. The van der Waals surface area contributed by atoms with Crippen LogP contribution in [-0.4, -0.2) is 32.3 Å². The summed E-state index contributed by atoms with van der Waals surface area (Å²) in [6.07, 6.45) is 1.14. The molecule has 0 unspecified atom stereocenters. The van der Waals surface area contributed by atoms with Crippen molar-refractivity contribution in [3.05, 3.63) is 94.7 Å². The Hall–Kier alpha value is -4.59. The highest BCUT2D eigenvalue weighted by Crippen LogP contribution is 2.39. The van der Waals surface area contributed by atoms with Gasteiger partial charge in [-0.2, -0.15) is 5.10 Å². The van der Waals surface area contributed by atoms with Crippen LogP contribution in [0, 0.1) is 25.5 Å². The normalized spacial score (nSPS) is 12.8. The molecule has 0 bridgehead atoms. The smallest absolute Gasteiger partial charge is 0.307 e. The molecule has 39 heavy (non-hydrogen) atoms. The number of hydrogen-bond acceptors (Lipinski definition) is 4. The number of nitrogens with zero attached hydrogens (tertiary/aromatic N) is 3. The molecule has 3 heterocycles. The second kappa shape index (κ2) is 9.62. The van der Waals surface area contributed by atoms with Gasteiger partial charge in [-0.1, -0.05) is 36.4 Å². The third kappa shape index (κ3) is 4.31. The van der Waals surface area contributed by atoms with Gasteiger partial charge < -0.3 is 9.84 Å². The number of carboxylic acids is 1. The topological polar surface area (TPSA) is 76.7 Å². The first-order valence-electron chi connectivity index (χ1n) is 12.7. The molecule has 2 aromatic heterocycles. The van der Waals surface area contributed by atoms with E-state index in [1.165, 1.54) is 12.1 Å². The average Bonchev–Trinajstić information content (AvgIpc) is 3.35. The van der Waals surface area contributed by atoms with Crippen LogP contribution in [0.15, 0.2) is 60.7 Å². The first kappa shape index (κ1) is 24.7. The first-order chi connectivity index (χ1) is 18.8. The molecule has 0 radical (unpaired) electrons. The number of halogens is 2. The van der Waals surface area contributed by atoms with Gasteiger partial charge in [0.2, 0.25) is 0 Å². The Labute approximate surface area is 223 Å². The van der Waals surface area contributed by atoms with Gasteiger partial charge in [0, 0.05) is 39.6 Å². The van der Waals surface area contributed by atoms with Crippen molar-refractivity contribution in [2.45, 2.75) is 33.1 Å². The number of fused-ring (bicyclic) bond motifs is 2. The maximum atomic E-state index is 15.3. The fraction of sp³-hybridized carbons (Fsp3) is 0.194. The van der Waals surface area contributed by atoms with E-state index in [1.54, 1.807) is 35.7 Å². The highest BCUT2D eigenvalue weighted by atomic mass is 19.1. The summed E-state index contributed by atoms with van der Waals surface area (Å²) in [6, 6.07) is 17.2. The molecule has 1 aliphatic heterocycles. The van der Waals surface area contributed by atoms with Crippen molar-refractivity contribution >= 4 is 11.6 Å². The van der Waals surface area contributed by atoms with Crippen molar-refractivity contribution < 1.29 is 23.4 Å². The van der Waals surface area contributed by atoms with Crippen LogP contribution in [0.4, 0.5) is 8.78 Å². The molecule has 8 heteroatoms. The van der Waals surface area contributed by atoms with Gasteiger partial charge in [-0.15, -0.1) is 0 Å². The fourth-order valence-electron chi connectivity index (χ4n) is 5.38. The van der Waals surface area contributed by atoms with Gasteiger partial charge in [-0.3, -0.25) is 4.79 Å². The number of ether oxygens (including phenoxy) is 1. The standard InChI is InChI=1S/C31H25F2N3O3/c1-17-21-10-6-12-39-31(21)26(33)14-23(17)30-24(15-29(37)38)18(2)34-28-16-27(35-36(28)30)20-8-5-7-19(13-20)22-9-3-4-11-25(22)32/h3-5,7-9,11,13-14,16H,6,10,12,15H2,1-2H3,(H,37,38). The van der Waals surface area contributed by atoms with Gasteiger partial charge >= 0.3 is 5.97 Å². The van der Waals surface area contributed by atoms with E-state index in [2.05, 4.69) is 4.98 Å². The highest BCUT2D eigenvalue weighted by molar-refractivity contribution is 5.80. The van der Waals surface area contributed by atoms with Crippen LogP contribution in [0.3, 0.4) is 0 Å². The Bertz CT molecular complexity index is 1780. The summed E-state index contributed by atoms with van der Waals surface area (Å²) >= 11 is 0. The minimum absolute atomic E-state index is 0.260. The van der Waals surface area contributed by atoms with Crippen LogP contribution in [0.1, 0.15) is 28.8 Å². The fourth-order valence-corrected chi connectivity index (χ4v) is 5.38. The van der Waals surface area contributed by atoms with Crippen LogP contribution in [0.25, 0.3) is 39.3 Å². The Morgan fingerprint density at radius 2 is 1.79 bits per heavy atom. The number of aromatic nitrogens is 3. The van der Waals surface area contributed by atoms with Gasteiger partial charge in [0.15, 0.2) is 17.2 Å². The Balaban J connectivity index is 1.58. The second-order valence-electron chi connectivity index (χ2n) is 9.75. The van der Waals surface area contributed by atoms with E-state index in [9.17, 15) is 14.3 Å². The van der Waals surface area contributed by atoms with Gasteiger partial charge in [0.1, 0.15) is 5.82 Å². The zero-order valence-electron chi connectivity index (χ0n) is 21.5. The summed E-state index contributed by atoms with van der Waals surface area (Å²) in [5.41, 5.74) is 6.63. The predicted octanol–water partition coefficient (Wildman–Crippen LogP) is 6.58. The van der Waals surface area contributed by atoms with Crippen molar-refractivity contribution in [1.82, 2.24) is 14.6 Å². The van der Waals surface area contributed by atoms with Gasteiger partial charge in [-0.25, -0.2) is 18.3 Å². The van der Waals surface area contributed by atoms with E-state index in [1.807, 2.05) is 31.2 Å². The molecule has 1 aliphatic rings. The molecular formula is C31H25F2N3O3. The molecule has 0 saturated heterocycles. The lowest BCUT2D eigenvalue weighted by Gasteiger charge is -2.23. The highest BCUT2D eigenvalue weighted by Gasteiger charge is 2.26. The molecular weight excluding hydrogens is 500 g/mol. The number of carbonyl (C=O) groups is 1. The minimum atomic E-state index is -1.02. The lowest BCUT2D eigenvalue weighted by Crippen LogP contribution is -2.14. The van der Waals surface area contributed by atoms with E-state index in [4.69, 9.17) is 9.84 Å². The maximum Gasteiger partial charge on any atom is 0.307 e. The quantitative estimate of drug-likeness (QED) is 0.281. The van der Waals surface area contributed by atoms with Crippen molar-refractivity contribution in [2.75, 3.05) is 6.61 Å². The zero-order chi connectivity index (χ0) is 27.3. The third-order valence-corrected chi connectivity index (χ3v) is 7.27. The zero-order valence-corrected chi connectivity index (χ0v) is 21.5. The van der Waals surface area contributed by atoms with E-state index < -0.39 is 11.8 Å². The minimum Gasteiger partial charge on any atom is -0.490 e. The van der Waals surface area contributed by atoms with Crippen LogP contribution >= 0.6 is 0 Å². The van der Waals surface area contributed by atoms with Gasteiger partial charge in [0.05, 0.1) is 24.4 Å². The Kier molecular flexibility index (Phi) is 6.10.